The molecule has 1 rings (SSSR count). The van der Waals surface area contributed by atoms with Crippen molar-refractivity contribution in [2.45, 2.75) is 6.18 Å². The van der Waals surface area contributed by atoms with E-state index in [1.165, 1.54) is 30.0 Å². The molecule has 0 amide bonds. The molecule has 1 aromatic carbocycles. The van der Waals surface area contributed by atoms with E-state index >= 15 is 0 Å². The molecule has 19 heavy (non-hydrogen) atoms. The van der Waals surface area contributed by atoms with E-state index in [2.05, 4.69) is 0 Å². The van der Waals surface area contributed by atoms with E-state index in [1.807, 2.05) is 6.26 Å². The summed E-state index contributed by atoms with van der Waals surface area (Å²) < 4.78 is 42.2. The molecule has 0 saturated heterocycles. The number of halogens is 3. The van der Waals surface area contributed by atoms with Crippen molar-refractivity contribution in [1.82, 2.24) is 0 Å². The Morgan fingerprint density at radius 1 is 1.42 bits per heavy atom. The predicted molar refractivity (Wildman–Crippen MR) is 69.8 cm³/mol. The molecule has 2 nitrogen and oxygen atoms in total. The first-order chi connectivity index (χ1) is 8.93. The van der Waals surface area contributed by atoms with Crippen molar-refractivity contribution >= 4 is 23.8 Å². The maximum Gasteiger partial charge on any atom is 0.416 e. The molecule has 0 N–H and O–H groups in total. The van der Waals surface area contributed by atoms with Crippen LogP contribution < -0.4 is 0 Å². The minimum atomic E-state index is -4.39. The van der Waals surface area contributed by atoms with Gasteiger partial charge in [0.2, 0.25) is 0 Å². The fraction of sp³-hybridized carbons (Fsp3) is 0.308. The minimum Gasteiger partial charge on any atom is -0.462 e. The molecular formula is C13H13F3O2S. The SMILES string of the molecule is CSCCOC(=O)/C=C/c1cccc(C(F)(F)F)c1. The van der Waals surface area contributed by atoms with E-state index in [0.717, 1.165) is 18.2 Å². The van der Waals surface area contributed by atoms with Crippen LogP contribution in [0.2, 0.25) is 0 Å². The zero-order valence-corrected chi connectivity index (χ0v) is 11.1. The lowest BCUT2D eigenvalue weighted by Gasteiger charge is -2.06. The van der Waals surface area contributed by atoms with Crippen molar-refractivity contribution in [3.05, 3.63) is 41.5 Å². The number of alkyl halides is 3. The fourth-order valence-corrected chi connectivity index (χ4v) is 1.51. The molecule has 0 aliphatic carbocycles. The number of esters is 1. The maximum absolute atomic E-state index is 12.5. The Bertz CT molecular complexity index is 455. The largest absolute Gasteiger partial charge is 0.462 e. The average Bonchev–Trinajstić information content (AvgIpc) is 2.36. The zero-order valence-electron chi connectivity index (χ0n) is 10.2. The highest BCUT2D eigenvalue weighted by Gasteiger charge is 2.30. The van der Waals surface area contributed by atoms with Crippen molar-refractivity contribution in [3.8, 4) is 0 Å². The van der Waals surface area contributed by atoms with Crippen LogP contribution in [0.5, 0.6) is 0 Å². The summed E-state index contributed by atoms with van der Waals surface area (Å²) in [5.41, 5.74) is -0.443. The molecule has 0 unspecified atom stereocenters. The highest BCUT2D eigenvalue weighted by Crippen LogP contribution is 2.29. The molecule has 0 aromatic heterocycles. The van der Waals surface area contributed by atoms with Gasteiger partial charge in [0.1, 0.15) is 6.61 Å². The van der Waals surface area contributed by atoms with Crippen LogP contribution in [0.3, 0.4) is 0 Å². The van der Waals surface area contributed by atoms with Crippen LogP contribution in [0, 0.1) is 0 Å². The average molecular weight is 290 g/mol. The minimum absolute atomic E-state index is 0.285. The Morgan fingerprint density at radius 3 is 2.79 bits per heavy atom. The van der Waals surface area contributed by atoms with Gasteiger partial charge in [0.05, 0.1) is 5.56 Å². The summed E-state index contributed by atoms with van der Waals surface area (Å²) in [6.07, 6.45) is -0.0819. The molecule has 0 aliphatic heterocycles. The molecule has 0 atom stereocenters. The van der Waals surface area contributed by atoms with Gasteiger partial charge in [-0.2, -0.15) is 24.9 Å². The molecule has 0 radical (unpaired) electrons. The van der Waals surface area contributed by atoms with Gasteiger partial charge < -0.3 is 4.74 Å². The number of hydrogen-bond acceptors (Lipinski definition) is 3. The molecule has 0 aliphatic rings. The molecule has 0 bridgehead atoms. The van der Waals surface area contributed by atoms with Crippen molar-refractivity contribution in [3.63, 3.8) is 0 Å². The number of hydrogen-bond donors (Lipinski definition) is 0. The summed E-state index contributed by atoms with van der Waals surface area (Å²) in [6.45, 7) is 0.285. The molecule has 1 aromatic rings. The lowest BCUT2D eigenvalue weighted by molar-refractivity contribution is -0.138. The number of thioether (sulfide) groups is 1. The van der Waals surface area contributed by atoms with Gasteiger partial charge in [-0.05, 0) is 30.0 Å². The van der Waals surface area contributed by atoms with Gasteiger partial charge >= 0.3 is 12.1 Å². The van der Waals surface area contributed by atoms with E-state index < -0.39 is 17.7 Å². The van der Waals surface area contributed by atoms with Gasteiger partial charge in [-0.15, -0.1) is 0 Å². The summed E-state index contributed by atoms with van der Waals surface area (Å²) in [7, 11) is 0. The summed E-state index contributed by atoms with van der Waals surface area (Å²) in [5.74, 6) is 0.120. The van der Waals surface area contributed by atoms with Crippen molar-refractivity contribution in [2.75, 3.05) is 18.6 Å². The van der Waals surface area contributed by atoms with Gasteiger partial charge in [-0.3, -0.25) is 0 Å². The molecule has 104 valence electrons. The van der Waals surface area contributed by atoms with Gasteiger partial charge in [-0.1, -0.05) is 12.1 Å². The molecular weight excluding hydrogens is 277 g/mol. The smallest absolute Gasteiger partial charge is 0.416 e. The number of carbonyl (C=O) groups is 1. The number of rotatable bonds is 5. The third-order valence-electron chi connectivity index (χ3n) is 2.16. The lowest BCUT2D eigenvalue weighted by atomic mass is 10.1. The van der Waals surface area contributed by atoms with Crippen molar-refractivity contribution in [1.29, 1.82) is 0 Å². The summed E-state index contributed by atoms with van der Waals surface area (Å²) in [4.78, 5) is 11.2. The first-order valence-electron chi connectivity index (χ1n) is 5.44. The number of ether oxygens (including phenoxy) is 1. The van der Waals surface area contributed by atoms with Crippen LogP contribution in [-0.4, -0.2) is 24.6 Å². The van der Waals surface area contributed by atoms with E-state index in [4.69, 9.17) is 4.74 Å². The summed E-state index contributed by atoms with van der Waals surface area (Å²) >= 11 is 1.54. The Hall–Kier alpha value is -1.43. The van der Waals surface area contributed by atoms with Crippen LogP contribution in [0.1, 0.15) is 11.1 Å². The quantitative estimate of drug-likeness (QED) is 0.470. The standard InChI is InChI=1S/C13H13F3O2S/c1-19-8-7-18-12(17)6-5-10-3-2-4-11(9-10)13(14,15)16/h2-6,9H,7-8H2,1H3/b6-5+. The predicted octanol–water partition coefficient (Wildman–Crippen LogP) is 3.62. The van der Waals surface area contributed by atoms with Crippen molar-refractivity contribution < 1.29 is 22.7 Å². The zero-order chi connectivity index (χ0) is 14.3. The van der Waals surface area contributed by atoms with Crippen LogP contribution >= 0.6 is 11.8 Å². The molecule has 0 saturated carbocycles. The monoisotopic (exact) mass is 290 g/mol. The van der Waals surface area contributed by atoms with Crippen molar-refractivity contribution in [2.24, 2.45) is 0 Å². The summed E-state index contributed by atoms with van der Waals surface area (Å²) in [5, 5.41) is 0. The van der Waals surface area contributed by atoms with Gasteiger partial charge in [0.15, 0.2) is 0 Å². The van der Waals surface area contributed by atoms with Crippen LogP contribution in [0.15, 0.2) is 30.3 Å². The Labute approximate surface area is 113 Å². The summed E-state index contributed by atoms with van der Waals surface area (Å²) in [6, 6.07) is 4.74. The lowest BCUT2D eigenvalue weighted by Crippen LogP contribution is -2.05. The Morgan fingerprint density at radius 2 is 2.16 bits per heavy atom. The third-order valence-corrected chi connectivity index (χ3v) is 2.73. The van der Waals surface area contributed by atoms with E-state index in [1.54, 1.807) is 0 Å². The second kappa shape index (κ2) is 7.23. The Balaban J connectivity index is 2.64. The highest BCUT2D eigenvalue weighted by atomic mass is 32.2. The first kappa shape index (κ1) is 15.6. The van der Waals surface area contributed by atoms with E-state index in [-0.39, 0.29) is 6.61 Å². The van der Waals surface area contributed by atoms with Crippen LogP contribution in [0.4, 0.5) is 13.2 Å². The van der Waals surface area contributed by atoms with Gasteiger partial charge in [0.25, 0.3) is 0 Å². The van der Waals surface area contributed by atoms with Crippen LogP contribution in [0.25, 0.3) is 6.08 Å². The second-order valence-corrected chi connectivity index (χ2v) is 4.60. The fourth-order valence-electron chi connectivity index (χ4n) is 1.26. The number of carbonyl (C=O) groups excluding carboxylic acids is 1. The number of benzene rings is 1. The van der Waals surface area contributed by atoms with E-state index in [0.29, 0.717) is 11.3 Å². The van der Waals surface area contributed by atoms with E-state index in [9.17, 15) is 18.0 Å². The topological polar surface area (TPSA) is 26.3 Å². The van der Waals surface area contributed by atoms with Gasteiger partial charge in [0, 0.05) is 11.8 Å². The second-order valence-electron chi connectivity index (χ2n) is 3.62. The first-order valence-corrected chi connectivity index (χ1v) is 6.84. The van der Waals surface area contributed by atoms with Gasteiger partial charge in [-0.25, -0.2) is 4.79 Å². The Kier molecular flexibility index (Phi) is 5.95. The maximum atomic E-state index is 12.5. The highest BCUT2D eigenvalue weighted by molar-refractivity contribution is 7.98. The third kappa shape index (κ3) is 5.83. The molecule has 6 heteroatoms. The molecule has 0 spiro atoms. The van der Waals surface area contributed by atoms with Crippen LogP contribution in [-0.2, 0) is 15.7 Å². The molecule has 0 fully saturated rings. The normalized spacial score (nSPS) is 11.8. The molecule has 0 heterocycles.